The third-order valence-electron chi connectivity index (χ3n) is 6.12. The summed E-state index contributed by atoms with van der Waals surface area (Å²) in [5.74, 6) is -3.68. The predicted molar refractivity (Wildman–Crippen MR) is 138 cm³/mol. The lowest BCUT2D eigenvalue weighted by atomic mass is 10.0. The molecule has 0 bridgehead atoms. The number of para-hydroxylation sites is 1. The largest absolute Gasteiger partial charge is 0.361 e. The van der Waals surface area contributed by atoms with Crippen molar-refractivity contribution in [3.8, 4) is 11.1 Å². The van der Waals surface area contributed by atoms with Crippen LogP contribution in [0.1, 0.15) is 15.9 Å². The molecule has 0 saturated heterocycles. The van der Waals surface area contributed by atoms with Crippen LogP contribution in [0, 0.1) is 17.5 Å². The Bertz CT molecular complexity index is 1640. The smallest absolute Gasteiger partial charge is 0.254 e. The number of nitrogens with one attached hydrogen (secondary N) is 3. The molecule has 2 amide bonds. The second kappa shape index (κ2) is 10.6. The highest BCUT2D eigenvalue weighted by molar-refractivity contribution is 6.02. The van der Waals surface area contributed by atoms with Crippen LogP contribution in [0.5, 0.6) is 0 Å². The van der Waals surface area contributed by atoms with Gasteiger partial charge in [0.25, 0.3) is 5.91 Å². The Balaban J connectivity index is 1.42. The molecule has 38 heavy (non-hydrogen) atoms. The zero-order valence-electron chi connectivity index (χ0n) is 19.8. The Morgan fingerprint density at radius 2 is 1.68 bits per heavy atom. The molecular weight excluding hydrogens is 493 g/mol. The van der Waals surface area contributed by atoms with Crippen LogP contribution in [0.4, 0.5) is 18.9 Å². The van der Waals surface area contributed by atoms with Gasteiger partial charge in [-0.2, -0.15) is 0 Å². The van der Waals surface area contributed by atoms with Crippen molar-refractivity contribution in [2.24, 2.45) is 0 Å². The van der Waals surface area contributed by atoms with Gasteiger partial charge in [-0.1, -0.05) is 24.3 Å². The first-order chi connectivity index (χ1) is 18.4. The number of anilines is 1. The molecule has 0 saturated carbocycles. The Morgan fingerprint density at radius 1 is 0.895 bits per heavy atom. The number of aromatic amines is 1. The summed E-state index contributed by atoms with van der Waals surface area (Å²) in [6.45, 7) is 0. The SMILES string of the molecule is O=C(N[C@H](Cc1c[nH]c2ccccc12)C(=O)Nc1ccncc1)c1ccc(-c2cc(F)ccc2F)cc1F. The van der Waals surface area contributed by atoms with Crippen LogP contribution in [0.3, 0.4) is 0 Å². The van der Waals surface area contributed by atoms with Gasteiger partial charge < -0.3 is 15.6 Å². The van der Waals surface area contributed by atoms with Crippen LogP contribution in [0.25, 0.3) is 22.0 Å². The fourth-order valence-electron chi connectivity index (χ4n) is 4.22. The van der Waals surface area contributed by atoms with Gasteiger partial charge >= 0.3 is 0 Å². The van der Waals surface area contributed by atoms with Gasteiger partial charge in [-0.3, -0.25) is 14.6 Å². The summed E-state index contributed by atoms with van der Waals surface area (Å²) in [6, 6.07) is 16.0. The maximum Gasteiger partial charge on any atom is 0.254 e. The minimum Gasteiger partial charge on any atom is -0.361 e. The number of amides is 2. The molecule has 3 N–H and O–H groups in total. The summed E-state index contributed by atoms with van der Waals surface area (Å²) >= 11 is 0. The number of fused-ring (bicyclic) bond motifs is 1. The van der Waals surface area contributed by atoms with Gasteiger partial charge in [-0.15, -0.1) is 0 Å². The lowest BCUT2D eigenvalue weighted by Crippen LogP contribution is -2.45. The Labute approximate surface area is 215 Å². The van der Waals surface area contributed by atoms with Crippen LogP contribution in [0.15, 0.2) is 91.4 Å². The predicted octanol–water partition coefficient (Wildman–Crippen LogP) is 5.63. The maximum absolute atomic E-state index is 15.0. The van der Waals surface area contributed by atoms with E-state index in [0.717, 1.165) is 40.7 Å². The number of hydrogen-bond donors (Lipinski definition) is 3. The third-order valence-corrected chi connectivity index (χ3v) is 6.12. The highest BCUT2D eigenvalue weighted by Crippen LogP contribution is 2.26. The van der Waals surface area contributed by atoms with Crippen LogP contribution in [-0.2, 0) is 11.2 Å². The maximum atomic E-state index is 15.0. The molecular formula is C29H21F3N4O2. The van der Waals surface area contributed by atoms with Gasteiger partial charge in [-0.25, -0.2) is 13.2 Å². The first kappa shape index (κ1) is 24.8. The standard InChI is InChI=1S/C29H21F3N4O2/c30-19-6-8-24(31)23(15-19)17-5-7-22(25(32)13-17)28(37)36-27(29(38)35-20-9-11-33-12-10-20)14-18-16-34-26-4-2-1-3-21(18)26/h1-13,15-16,27,34H,14H2,(H,36,37)(H,33,35,38)/t27-/m1/s1. The summed E-state index contributed by atoms with van der Waals surface area (Å²) in [5.41, 5.74) is 1.73. The van der Waals surface area contributed by atoms with Gasteiger partial charge in [0.2, 0.25) is 5.91 Å². The van der Waals surface area contributed by atoms with Crippen LogP contribution >= 0.6 is 0 Å². The first-order valence-electron chi connectivity index (χ1n) is 11.7. The van der Waals surface area contributed by atoms with E-state index in [2.05, 4.69) is 20.6 Å². The Morgan fingerprint density at radius 3 is 2.47 bits per heavy atom. The van der Waals surface area contributed by atoms with E-state index < -0.39 is 35.3 Å². The van der Waals surface area contributed by atoms with Gasteiger partial charge in [0.1, 0.15) is 23.5 Å². The molecule has 190 valence electrons. The number of benzene rings is 3. The van der Waals surface area contributed by atoms with E-state index in [4.69, 9.17) is 0 Å². The number of carbonyl (C=O) groups is 2. The van der Waals surface area contributed by atoms with E-state index >= 15 is 4.39 Å². The molecule has 9 heteroatoms. The average molecular weight is 515 g/mol. The van der Waals surface area contributed by atoms with Crippen molar-refractivity contribution in [2.75, 3.05) is 5.32 Å². The monoisotopic (exact) mass is 514 g/mol. The van der Waals surface area contributed by atoms with E-state index in [0.29, 0.717) is 5.69 Å². The number of hydrogen-bond acceptors (Lipinski definition) is 3. The second-order valence-corrected chi connectivity index (χ2v) is 8.63. The number of pyridine rings is 1. The van der Waals surface area contributed by atoms with Gasteiger partial charge in [0, 0.05) is 47.2 Å². The molecule has 0 unspecified atom stereocenters. The molecule has 0 aliphatic rings. The summed E-state index contributed by atoms with van der Waals surface area (Å²) in [4.78, 5) is 33.4. The normalized spacial score (nSPS) is 11.8. The molecule has 2 heterocycles. The highest BCUT2D eigenvalue weighted by atomic mass is 19.1. The Kier molecular flexibility index (Phi) is 6.90. The van der Waals surface area contributed by atoms with Gasteiger partial charge in [-0.05, 0) is 59.7 Å². The third kappa shape index (κ3) is 5.27. The molecule has 5 rings (SSSR count). The van der Waals surface area contributed by atoms with Crippen molar-refractivity contribution in [1.82, 2.24) is 15.3 Å². The number of carbonyl (C=O) groups excluding carboxylic acids is 2. The molecule has 5 aromatic rings. The van der Waals surface area contributed by atoms with E-state index in [1.54, 1.807) is 18.3 Å². The molecule has 6 nitrogen and oxygen atoms in total. The molecule has 0 radical (unpaired) electrons. The van der Waals surface area contributed by atoms with Crippen molar-refractivity contribution < 1.29 is 22.8 Å². The summed E-state index contributed by atoms with van der Waals surface area (Å²) in [6.07, 6.45) is 4.91. The van der Waals surface area contributed by atoms with Crippen LogP contribution in [-0.4, -0.2) is 27.8 Å². The van der Waals surface area contributed by atoms with Crippen molar-refractivity contribution in [3.63, 3.8) is 0 Å². The first-order valence-corrected chi connectivity index (χ1v) is 11.7. The topological polar surface area (TPSA) is 86.9 Å². The van der Waals surface area contributed by atoms with Crippen LogP contribution in [0.2, 0.25) is 0 Å². The van der Waals surface area contributed by atoms with E-state index in [9.17, 15) is 18.4 Å². The van der Waals surface area contributed by atoms with Crippen molar-refractivity contribution in [1.29, 1.82) is 0 Å². The number of nitrogens with zero attached hydrogens (tertiary/aromatic N) is 1. The molecule has 2 aromatic heterocycles. The molecule has 1 atom stereocenters. The molecule has 0 aliphatic carbocycles. The zero-order valence-corrected chi connectivity index (χ0v) is 19.8. The fourth-order valence-corrected chi connectivity index (χ4v) is 4.22. The van der Waals surface area contributed by atoms with E-state index in [-0.39, 0.29) is 23.1 Å². The van der Waals surface area contributed by atoms with Gasteiger partial charge in [0.15, 0.2) is 0 Å². The number of rotatable bonds is 7. The summed E-state index contributed by atoms with van der Waals surface area (Å²) in [7, 11) is 0. The average Bonchev–Trinajstić information content (AvgIpc) is 3.33. The number of aromatic nitrogens is 2. The molecule has 0 spiro atoms. The van der Waals surface area contributed by atoms with E-state index in [1.807, 2.05) is 24.3 Å². The zero-order chi connectivity index (χ0) is 26.6. The van der Waals surface area contributed by atoms with Crippen molar-refractivity contribution >= 4 is 28.4 Å². The highest BCUT2D eigenvalue weighted by Gasteiger charge is 2.25. The second-order valence-electron chi connectivity index (χ2n) is 8.63. The van der Waals surface area contributed by atoms with E-state index in [1.165, 1.54) is 24.5 Å². The molecule has 0 fully saturated rings. The summed E-state index contributed by atoms with van der Waals surface area (Å²) in [5, 5.41) is 6.25. The molecule has 0 aliphatic heterocycles. The fraction of sp³-hybridized carbons (Fsp3) is 0.0690. The minimum atomic E-state index is -1.06. The Hall–Kier alpha value is -4.92. The number of halogens is 3. The van der Waals surface area contributed by atoms with Gasteiger partial charge in [0.05, 0.1) is 5.56 Å². The van der Waals surface area contributed by atoms with Crippen molar-refractivity contribution in [3.05, 3.63) is 120 Å². The minimum absolute atomic E-state index is 0.0711. The number of H-pyrrole nitrogens is 1. The molecule has 3 aromatic carbocycles. The van der Waals surface area contributed by atoms with Crippen molar-refractivity contribution in [2.45, 2.75) is 12.5 Å². The quantitative estimate of drug-likeness (QED) is 0.263. The summed E-state index contributed by atoms with van der Waals surface area (Å²) < 4.78 is 42.8. The van der Waals surface area contributed by atoms with Crippen LogP contribution < -0.4 is 10.6 Å². The lowest BCUT2D eigenvalue weighted by molar-refractivity contribution is -0.118. The lowest BCUT2D eigenvalue weighted by Gasteiger charge is -2.19.